The minimum absolute atomic E-state index is 0. The molecule has 0 aliphatic heterocycles. The Kier molecular flexibility index (Phi) is 176. The van der Waals surface area contributed by atoms with E-state index in [0.717, 1.165) is 7.11 Å². The van der Waals surface area contributed by atoms with Crippen LogP contribution < -0.4 is 12.4 Å². The SMILES string of the molecule is CO.[Cl-].[Mg+2]. The van der Waals surface area contributed by atoms with Gasteiger partial charge >= 0.3 is 23.1 Å². The maximum Gasteiger partial charge on any atom is 2.00 e. The maximum atomic E-state index is 7.00. The van der Waals surface area contributed by atoms with Gasteiger partial charge in [0.05, 0.1) is 0 Å². The second kappa shape index (κ2) is 35.4. The van der Waals surface area contributed by atoms with E-state index in [-0.39, 0.29) is 35.5 Å². The molecule has 0 aliphatic carbocycles. The third-order valence-corrected chi connectivity index (χ3v) is 0. The third kappa shape index (κ3) is 11.9. The molecule has 3 heteroatoms. The Labute approximate surface area is 48.0 Å². The van der Waals surface area contributed by atoms with Crippen LogP contribution >= 0.6 is 0 Å². The molecule has 0 saturated heterocycles. The summed E-state index contributed by atoms with van der Waals surface area (Å²) in [6.45, 7) is 0. The topological polar surface area (TPSA) is 20.2 Å². The van der Waals surface area contributed by atoms with Gasteiger partial charge in [-0.15, -0.1) is 0 Å². The van der Waals surface area contributed by atoms with Gasteiger partial charge < -0.3 is 17.5 Å². The van der Waals surface area contributed by atoms with E-state index in [4.69, 9.17) is 5.11 Å². The van der Waals surface area contributed by atoms with E-state index in [1.807, 2.05) is 0 Å². The molecule has 1 N–H and O–H groups in total. The number of hydrogen-bond acceptors (Lipinski definition) is 1. The molecule has 22 valence electrons. The molecule has 0 aromatic rings. The Morgan fingerprint density at radius 2 is 1.25 bits per heavy atom. The Balaban J connectivity index is -0.00000000500. The van der Waals surface area contributed by atoms with Crippen molar-refractivity contribution in [1.29, 1.82) is 0 Å². The molecule has 0 spiro atoms. The number of aliphatic hydroxyl groups excluding tert-OH is 1. The molecule has 0 aromatic carbocycles. The minimum Gasteiger partial charge on any atom is -1.00 e. The molecule has 0 bridgehead atoms. The molecule has 0 amide bonds. The Morgan fingerprint density at radius 1 is 1.25 bits per heavy atom. The van der Waals surface area contributed by atoms with Gasteiger partial charge in [0, 0.05) is 7.11 Å². The van der Waals surface area contributed by atoms with Crippen LogP contribution in [0.2, 0.25) is 0 Å². The standard InChI is InChI=1S/CH4O.ClH.Mg/c1-2;;/h2H,1H3;1H;/q;;+2/p-1. The van der Waals surface area contributed by atoms with Crippen molar-refractivity contribution in [1.82, 2.24) is 0 Å². The van der Waals surface area contributed by atoms with Gasteiger partial charge in [0.1, 0.15) is 0 Å². The van der Waals surface area contributed by atoms with Crippen LogP contribution in [0.3, 0.4) is 0 Å². The molecule has 0 heterocycles. The summed E-state index contributed by atoms with van der Waals surface area (Å²) in [5, 5.41) is 7.00. The Morgan fingerprint density at radius 3 is 1.25 bits per heavy atom. The Hall–Kier alpha value is 1.02. The monoisotopic (exact) mass is 91.0 g/mol. The van der Waals surface area contributed by atoms with E-state index in [1.165, 1.54) is 0 Å². The van der Waals surface area contributed by atoms with Crippen LogP contribution in [-0.2, 0) is 0 Å². The fraction of sp³-hybridized carbons (Fsp3) is 1.00. The van der Waals surface area contributed by atoms with E-state index in [1.54, 1.807) is 0 Å². The van der Waals surface area contributed by atoms with Gasteiger partial charge in [0.25, 0.3) is 0 Å². The van der Waals surface area contributed by atoms with Crippen LogP contribution in [0.15, 0.2) is 0 Å². The van der Waals surface area contributed by atoms with Crippen molar-refractivity contribution in [2.45, 2.75) is 0 Å². The number of aliphatic hydroxyl groups is 1. The Bertz CT molecular complexity index is 8.00. The van der Waals surface area contributed by atoms with Gasteiger partial charge in [-0.05, 0) is 0 Å². The zero-order chi connectivity index (χ0) is 2.00. The average molecular weight is 91.8 g/mol. The summed E-state index contributed by atoms with van der Waals surface area (Å²) in [6, 6.07) is 0. The molecule has 0 saturated carbocycles. The van der Waals surface area contributed by atoms with Crippen molar-refractivity contribution in [2.75, 3.05) is 7.11 Å². The van der Waals surface area contributed by atoms with Gasteiger partial charge in [-0.2, -0.15) is 0 Å². The minimum atomic E-state index is 0. The van der Waals surface area contributed by atoms with Crippen LogP contribution in [0.4, 0.5) is 0 Å². The predicted molar refractivity (Wildman–Crippen MR) is 13.9 cm³/mol. The molecule has 0 rings (SSSR count). The van der Waals surface area contributed by atoms with Crippen LogP contribution in [0.25, 0.3) is 0 Å². The molecule has 0 fully saturated rings. The average Bonchev–Trinajstić information content (AvgIpc) is 1.00. The summed E-state index contributed by atoms with van der Waals surface area (Å²) in [6.07, 6.45) is 0. The summed E-state index contributed by atoms with van der Waals surface area (Å²) >= 11 is 0. The van der Waals surface area contributed by atoms with Gasteiger partial charge in [0.2, 0.25) is 0 Å². The summed E-state index contributed by atoms with van der Waals surface area (Å²) < 4.78 is 0. The third-order valence-electron chi connectivity index (χ3n) is 0. The number of halogens is 1. The first-order valence-electron chi connectivity index (χ1n) is 0.447. The smallest absolute Gasteiger partial charge is 1.00 e. The fourth-order valence-corrected chi connectivity index (χ4v) is 0. The first-order chi connectivity index (χ1) is 1.00. The van der Waals surface area contributed by atoms with Crippen LogP contribution in [-0.4, -0.2) is 35.3 Å². The second-order valence-electron chi connectivity index (χ2n) is 0. The molecule has 0 aromatic heterocycles. The summed E-state index contributed by atoms with van der Waals surface area (Å²) in [5.74, 6) is 0. The first-order valence-corrected chi connectivity index (χ1v) is 0.447. The van der Waals surface area contributed by atoms with Gasteiger partial charge in [-0.1, -0.05) is 0 Å². The van der Waals surface area contributed by atoms with Crippen molar-refractivity contribution >= 4 is 23.1 Å². The quantitative estimate of drug-likeness (QED) is 0.304. The van der Waals surface area contributed by atoms with Crippen LogP contribution in [0, 0.1) is 0 Å². The summed E-state index contributed by atoms with van der Waals surface area (Å²) in [4.78, 5) is 0. The van der Waals surface area contributed by atoms with Gasteiger partial charge in [-0.3, -0.25) is 0 Å². The van der Waals surface area contributed by atoms with Crippen molar-refractivity contribution < 1.29 is 17.5 Å². The molecular weight excluding hydrogens is 87.8 g/mol. The molecule has 0 radical (unpaired) electrons. The zero-order valence-corrected chi connectivity index (χ0v) is 4.70. The van der Waals surface area contributed by atoms with E-state index >= 15 is 0 Å². The largest absolute Gasteiger partial charge is 2.00 e. The van der Waals surface area contributed by atoms with E-state index in [2.05, 4.69) is 0 Å². The van der Waals surface area contributed by atoms with Crippen molar-refractivity contribution in [3.05, 3.63) is 0 Å². The first kappa shape index (κ1) is 19.9. The maximum absolute atomic E-state index is 7.00. The molecular formula is CH4ClMgO+. The molecule has 1 nitrogen and oxygen atoms in total. The van der Waals surface area contributed by atoms with Crippen LogP contribution in [0.5, 0.6) is 0 Å². The summed E-state index contributed by atoms with van der Waals surface area (Å²) in [5.41, 5.74) is 0. The number of hydrogen-bond donors (Lipinski definition) is 1. The zero-order valence-electron chi connectivity index (χ0n) is 2.53. The second-order valence-corrected chi connectivity index (χ2v) is 0. The summed E-state index contributed by atoms with van der Waals surface area (Å²) in [7, 11) is 1.00. The molecule has 0 atom stereocenters. The van der Waals surface area contributed by atoms with Crippen molar-refractivity contribution in [3.8, 4) is 0 Å². The van der Waals surface area contributed by atoms with Crippen LogP contribution in [0.1, 0.15) is 0 Å². The molecule has 4 heavy (non-hydrogen) atoms. The van der Waals surface area contributed by atoms with E-state index in [9.17, 15) is 0 Å². The van der Waals surface area contributed by atoms with Crippen molar-refractivity contribution in [3.63, 3.8) is 0 Å². The van der Waals surface area contributed by atoms with E-state index < -0.39 is 0 Å². The van der Waals surface area contributed by atoms with Gasteiger partial charge in [0.15, 0.2) is 0 Å². The van der Waals surface area contributed by atoms with Crippen molar-refractivity contribution in [2.24, 2.45) is 0 Å². The molecule has 0 aliphatic rings. The van der Waals surface area contributed by atoms with E-state index in [0.29, 0.717) is 0 Å². The normalized spacial score (nSPS) is 1.50. The predicted octanol–water partition coefficient (Wildman–Crippen LogP) is -3.77. The fourth-order valence-electron chi connectivity index (χ4n) is 0. The number of rotatable bonds is 0. The molecule has 0 unspecified atom stereocenters. The van der Waals surface area contributed by atoms with Gasteiger partial charge in [-0.25, -0.2) is 0 Å².